The van der Waals surface area contributed by atoms with Crippen molar-refractivity contribution in [3.05, 3.63) is 231 Å². The maximum absolute atomic E-state index is 2.38. The van der Waals surface area contributed by atoms with Crippen LogP contribution in [-0.4, -0.2) is 0 Å². The molecule has 0 aliphatic heterocycles. The van der Waals surface area contributed by atoms with Gasteiger partial charge < -0.3 is 0 Å². The molecule has 0 bridgehead atoms. The number of rotatable bonds is 6. The summed E-state index contributed by atoms with van der Waals surface area (Å²) in [6.45, 7) is 0. The van der Waals surface area contributed by atoms with E-state index in [1.54, 1.807) is 0 Å². The van der Waals surface area contributed by atoms with Crippen molar-refractivity contribution in [2.45, 2.75) is 0 Å². The zero-order valence-electron chi connectivity index (χ0n) is 31.9. The van der Waals surface area contributed by atoms with Gasteiger partial charge in [0.25, 0.3) is 0 Å². The lowest BCUT2D eigenvalue weighted by Gasteiger charge is -2.18. The van der Waals surface area contributed by atoms with E-state index in [0.29, 0.717) is 0 Å². The largest absolute Gasteiger partial charge is 0.0622 e. The Hall–Kier alpha value is -7.54. The first kappa shape index (κ1) is 33.8. The summed E-state index contributed by atoms with van der Waals surface area (Å²) in [5.41, 5.74) is 14.8. The standard InChI is InChI=1S/C58H38/c1-2-11-39(12-3-1)47-15-10-16-48(35-47)41-21-23-42(24-22-41)50-33-28-44-29-34-51(38-52(44)37-50)58-55-19-8-6-17-53(55)57(54-18-7-9-20-56(54)58)45-30-25-43(26-31-45)49-32-27-40-13-4-5-14-46(40)36-49/h1-38H. The molecule has 0 unspecified atom stereocenters. The molecule has 58 heavy (non-hydrogen) atoms. The molecular formula is C58H38. The minimum Gasteiger partial charge on any atom is -0.0622 e. The molecule has 0 aromatic heterocycles. The summed E-state index contributed by atoms with van der Waals surface area (Å²) in [5, 5.41) is 10.0. The van der Waals surface area contributed by atoms with E-state index in [-0.39, 0.29) is 0 Å². The molecule has 0 atom stereocenters. The van der Waals surface area contributed by atoms with E-state index in [9.17, 15) is 0 Å². The predicted octanol–water partition coefficient (Wildman–Crippen LogP) is 16.3. The Morgan fingerprint density at radius 3 is 1.03 bits per heavy atom. The summed E-state index contributed by atoms with van der Waals surface area (Å²) in [6, 6.07) is 84.5. The van der Waals surface area contributed by atoms with Crippen LogP contribution < -0.4 is 0 Å². The molecule has 270 valence electrons. The fourth-order valence-corrected chi connectivity index (χ4v) is 8.89. The molecule has 0 heterocycles. The highest BCUT2D eigenvalue weighted by molar-refractivity contribution is 6.21. The van der Waals surface area contributed by atoms with Crippen molar-refractivity contribution in [1.29, 1.82) is 0 Å². The van der Waals surface area contributed by atoms with E-state index < -0.39 is 0 Å². The molecule has 0 fully saturated rings. The van der Waals surface area contributed by atoms with Crippen LogP contribution in [0.2, 0.25) is 0 Å². The highest BCUT2D eigenvalue weighted by atomic mass is 14.2. The van der Waals surface area contributed by atoms with Gasteiger partial charge in [0.2, 0.25) is 0 Å². The summed E-state index contributed by atoms with van der Waals surface area (Å²) >= 11 is 0. The zero-order chi connectivity index (χ0) is 38.4. The first-order valence-corrected chi connectivity index (χ1v) is 20.1. The minimum absolute atomic E-state index is 1.21. The second-order valence-electron chi connectivity index (χ2n) is 15.3. The molecule has 0 aliphatic rings. The Kier molecular flexibility index (Phi) is 8.26. The minimum atomic E-state index is 1.21. The van der Waals surface area contributed by atoms with Gasteiger partial charge in [0.05, 0.1) is 0 Å². The Bertz CT molecular complexity index is 3240. The van der Waals surface area contributed by atoms with Crippen molar-refractivity contribution >= 4 is 43.1 Å². The molecule has 0 radical (unpaired) electrons. The molecule has 11 rings (SSSR count). The molecule has 0 heteroatoms. The molecule has 11 aromatic carbocycles. The number of hydrogen-bond donors (Lipinski definition) is 0. The number of fused-ring (bicyclic) bond motifs is 4. The second-order valence-corrected chi connectivity index (χ2v) is 15.3. The van der Waals surface area contributed by atoms with Gasteiger partial charge in [0, 0.05) is 0 Å². The van der Waals surface area contributed by atoms with E-state index in [1.807, 2.05) is 0 Å². The van der Waals surface area contributed by atoms with Gasteiger partial charge in [-0.3, -0.25) is 0 Å². The van der Waals surface area contributed by atoms with Crippen LogP contribution in [0.1, 0.15) is 0 Å². The first-order valence-electron chi connectivity index (χ1n) is 20.1. The van der Waals surface area contributed by atoms with Crippen LogP contribution in [0.5, 0.6) is 0 Å². The van der Waals surface area contributed by atoms with Crippen molar-refractivity contribution in [3.8, 4) is 66.8 Å². The van der Waals surface area contributed by atoms with Crippen molar-refractivity contribution in [2.24, 2.45) is 0 Å². The molecule has 0 spiro atoms. The first-order chi connectivity index (χ1) is 28.7. The fourth-order valence-electron chi connectivity index (χ4n) is 8.89. The maximum Gasteiger partial charge on any atom is -0.00262 e. The average Bonchev–Trinajstić information content (AvgIpc) is 3.30. The number of hydrogen-bond acceptors (Lipinski definition) is 0. The molecule has 11 aromatic rings. The van der Waals surface area contributed by atoms with Crippen LogP contribution >= 0.6 is 0 Å². The average molecular weight is 735 g/mol. The van der Waals surface area contributed by atoms with Gasteiger partial charge in [-0.25, -0.2) is 0 Å². The monoisotopic (exact) mass is 734 g/mol. The third-order valence-electron chi connectivity index (χ3n) is 11.8. The SMILES string of the molecule is c1ccc(-c2cccc(-c3ccc(-c4ccc5ccc(-c6c7ccccc7c(-c7ccc(-c8ccc9ccccc9c8)cc7)c7ccccc67)cc5c4)cc3)c2)cc1. The molecule has 0 N–H and O–H groups in total. The van der Waals surface area contributed by atoms with Crippen LogP contribution in [0.4, 0.5) is 0 Å². The summed E-state index contributed by atoms with van der Waals surface area (Å²) < 4.78 is 0. The van der Waals surface area contributed by atoms with Crippen LogP contribution in [0, 0.1) is 0 Å². The van der Waals surface area contributed by atoms with E-state index in [4.69, 9.17) is 0 Å². The number of benzene rings is 11. The smallest absolute Gasteiger partial charge is 0.00262 e. The Balaban J connectivity index is 0.968. The van der Waals surface area contributed by atoms with Crippen LogP contribution in [0.15, 0.2) is 231 Å². The van der Waals surface area contributed by atoms with Gasteiger partial charge in [-0.05, 0) is 134 Å². The lowest BCUT2D eigenvalue weighted by molar-refractivity contribution is 1.58. The molecule has 0 saturated carbocycles. The normalized spacial score (nSPS) is 11.4. The molecule has 0 aliphatic carbocycles. The highest BCUT2D eigenvalue weighted by Gasteiger charge is 2.17. The van der Waals surface area contributed by atoms with Gasteiger partial charge in [-0.2, -0.15) is 0 Å². The van der Waals surface area contributed by atoms with Gasteiger partial charge >= 0.3 is 0 Å². The lowest BCUT2D eigenvalue weighted by atomic mass is 9.85. The molecular weight excluding hydrogens is 697 g/mol. The van der Waals surface area contributed by atoms with Gasteiger partial charge in [-0.15, -0.1) is 0 Å². The van der Waals surface area contributed by atoms with Crippen LogP contribution in [-0.2, 0) is 0 Å². The maximum atomic E-state index is 2.38. The van der Waals surface area contributed by atoms with Crippen molar-refractivity contribution in [3.63, 3.8) is 0 Å². The van der Waals surface area contributed by atoms with E-state index in [2.05, 4.69) is 231 Å². The lowest BCUT2D eigenvalue weighted by Crippen LogP contribution is -1.91. The molecule has 0 amide bonds. The predicted molar refractivity (Wildman–Crippen MR) is 249 cm³/mol. The van der Waals surface area contributed by atoms with Gasteiger partial charge in [-0.1, -0.05) is 206 Å². The third kappa shape index (κ3) is 6.04. The zero-order valence-corrected chi connectivity index (χ0v) is 31.9. The highest BCUT2D eigenvalue weighted by Crippen LogP contribution is 2.44. The molecule has 0 nitrogen and oxygen atoms in total. The summed E-state index contributed by atoms with van der Waals surface area (Å²) in [7, 11) is 0. The molecule has 0 saturated heterocycles. The third-order valence-corrected chi connectivity index (χ3v) is 11.8. The summed E-state index contributed by atoms with van der Waals surface area (Å²) in [4.78, 5) is 0. The van der Waals surface area contributed by atoms with Crippen LogP contribution in [0.25, 0.3) is 110 Å². The van der Waals surface area contributed by atoms with Crippen molar-refractivity contribution < 1.29 is 0 Å². The van der Waals surface area contributed by atoms with Gasteiger partial charge in [0.15, 0.2) is 0 Å². The van der Waals surface area contributed by atoms with E-state index in [0.717, 1.165) is 0 Å². The summed E-state index contributed by atoms with van der Waals surface area (Å²) in [5.74, 6) is 0. The fraction of sp³-hybridized carbons (Fsp3) is 0. The van der Waals surface area contributed by atoms with Gasteiger partial charge in [0.1, 0.15) is 0 Å². The quantitative estimate of drug-likeness (QED) is 0.149. The van der Waals surface area contributed by atoms with Crippen molar-refractivity contribution in [2.75, 3.05) is 0 Å². The van der Waals surface area contributed by atoms with E-state index >= 15 is 0 Å². The van der Waals surface area contributed by atoms with E-state index in [1.165, 1.54) is 110 Å². The Labute approximate surface area is 339 Å². The van der Waals surface area contributed by atoms with Crippen LogP contribution in [0.3, 0.4) is 0 Å². The van der Waals surface area contributed by atoms with Crippen molar-refractivity contribution in [1.82, 2.24) is 0 Å². The second kappa shape index (κ2) is 14.2. The Morgan fingerprint density at radius 1 is 0.155 bits per heavy atom. The topological polar surface area (TPSA) is 0 Å². The summed E-state index contributed by atoms with van der Waals surface area (Å²) in [6.07, 6.45) is 0. The Morgan fingerprint density at radius 2 is 0.483 bits per heavy atom.